The smallest absolute Gasteiger partial charge is 0.494 e. The van der Waals surface area contributed by atoms with Crippen LogP contribution in [0.4, 0.5) is 23.2 Å². The van der Waals surface area contributed by atoms with E-state index in [1.54, 1.807) is 24.3 Å². The van der Waals surface area contributed by atoms with Crippen LogP contribution in [0.1, 0.15) is 49.4 Å². The highest BCUT2D eigenvalue weighted by Gasteiger charge is 2.36. The van der Waals surface area contributed by atoms with Gasteiger partial charge in [-0.3, -0.25) is 4.79 Å². The van der Waals surface area contributed by atoms with Crippen molar-refractivity contribution in [3.63, 3.8) is 0 Å². The molecule has 0 aliphatic carbocycles. The van der Waals surface area contributed by atoms with Crippen LogP contribution in [0, 0.1) is 11.2 Å². The number of hydrogen-bond donors (Lipinski definition) is 1. The molecule has 198 valence electrons. The maximum Gasteiger partial charge on any atom is 0.573 e. The molecule has 2 aromatic carbocycles. The number of alkyl halides is 3. The molecule has 0 radical (unpaired) electrons. The van der Waals surface area contributed by atoms with E-state index in [1.165, 1.54) is 0 Å². The van der Waals surface area contributed by atoms with Gasteiger partial charge >= 0.3 is 6.36 Å². The number of ether oxygens (including phenoxy) is 4. The van der Waals surface area contributed by atoms with Gasteiger partial charge in [-0.2, -0.15) is 0 Å². The molecular weight excluding hydrogens is 482 g/mol. The quantitative estimate of drug-likeness (QED) is 0.235. The Balaban J connectivity index is 1.31. The first-order valence-electron chi connectivity index (χ1n) is 11.9. The highest BCUT2D eigenvalue weighted by atomic mass is 19.4. The highest BCUT2D eigenvalue weighted by Crippen LogP contribution is 2.31. The van der Waals surface area contributed by atoms with Crippen molar-refractivity contribution in [2.24, 2.45) is 5.41 Å². The minimum atomic E-state index is -5.02. The Morgan fingerprint density at radius 3 is 2.31 bits per heavy atom. The summed E-state index contributed by atoms with van der Waals surface area (Å²) in [5.74, 6) is -2.32. The number of nitrogens with one attached hydrogen (secondary N) is 1. The van der Waals surface area contributed by atoms with Crippen molar-refractivity contribution in [2.45, 2.75) is 45.4 Å². The van der Waals surface area contributed by atoms with E-state index >= 15 is 0 Å². The molecule has 1 aliphatic rings. The number of benzene rings is 2. The molecule has 0 aromatic heterocycles. The maximum absolute atomic E-state index is 13.8. The third-order valence-electron chi connectivity index (χ3n) is 5.96. The van der Waals surface area contributed by atoms with Crippen molar-refractivity contribution in [2.75, 3.05) is 38.4 Å². The van der Waals surface area contributed by atoms with Gasteiger partial charge in [0.2, 0.25) is 0 Å². The van der Waals surface area contributed by atoms with E-state index in [9.17, 15) is 22.4 Å². The Bertz CT molecular complexity index is 972. The van der Waals surface area contributed by atoms with Gasteiger partial charge in [-0.05, 0) is 68.1 Å². The highest BCUT2D eigenvalue weighted by molar-refractivity contribution is 6.04. The number of halogens is 4. The topological polar surface area (TPSA) is 66.0 Å². The first-order valence-corrected chi connectivity index (χ1v) is 11.9. The monoisotopic (exact) mass is 513 g/mol. The van der Waals surface area contributed by atoms with Crippen LogP contribution in [0.5, 0.6) is 11.5 Å². The van der Waals surface area contributed by atoms with Gasteiger partial charge in [0, 0.05) is 23.3 Å². The first kappa shape index (κ1) is 27.7. The van der Waals surface area contributed by atoms with Crippen LogP contribution in [-0.2, 0) is 9.47 Å². The van der Waals surface area contributed by atoms with Gasteiger partial charge in [0.1, 0.15) is 5.75 Å². The van der Waals surface area contributed by atoms with E-state index < -0.39 is 23.8 Å². The molecule has 0 spiro atoms. The Kier molecular flexibility index (Phi) is 9.95. The molecule has 0 unspecified atom stereocenters. The zero-order valence-electron chi connectivity index (χ0n) is 20.2. The summed E-state index contributed by atoms with van der Waals surface area (Å²) in [6.07, 6.45) is 0.0706. The fourth-order valence-electron chi connectivity index (χ4n) is 3.61. The zero-order chi connectivity index (χ0) is 26.0. The van der Waals surface area contributed by atoms with Gasteiger partial charge in [0.05, 0.1) is 26.4 Å². The van der Waals surface area contributed by atoms with Gasteiger partial charge in [-0.25, -0.2) is 4.39 Å². The normalized spacial score (nSPS) is 14.7. The van der Waals surface area contributed by atoms with Crippen LogP contribution in [0.25, 0.3) is 0 Å². The van der Waals surface area contributed by atoms with E-state index in [4.69, 9.17) is 14.2 Å². The van der Waals surface area contributed by atoms with Crippen molar-refractivity contribution in [3.8, 4) is 11.5 Å². The van der Waals surface area contributed by atoms with Gasteiger partial charge in [0.15, 0.2) is 11.6 Å². The minimum Gasteiger partial charge on any atom is -0.494 e. The summed E-state index contributed by atoms with van der Waals surface area (Å²) in [4.78, 5) is 12.3. The van der Waals surface area contributed by atoms with Gasteiger partial charge in [-0.15, -0.1) is 13.2 Å². The van der Waals surface area contributed by atoms with Crippen molar-refractivity contribution in [3.05, 3.63) is 53.8 Å². The second-order valence-electron chi connectivity index (χ2n) is 8.83. The average Bonchev–Trinajstić information content (AvgIpc) is 2.81. The van der Waals surface area contributed by atoms with Crippen molar-refractivity contribution in [1.29, 1.82) is 0 Å². The van der Waals surface area contributed by atoms with E-state index in [0.717, 1.165) is 70.7 Å². The molecule has 36 heavy (non-hydrogen) atoms. The summed E-state index contributed by atoms with van der Waals surface area (Å²) in [7, 11) is 0. The Labute approximate surface area is 207 Å². The van der Waals surface area contributed by atoms with Crippen LogP contribution in [-0.4, -0.2) is 45.3 Å². The number of hydrogen-bond acceptors (Lipinski definition) is 5. The molecule has 1 fully saturated rings. The predicted molar refractivity (Wildman–Crippen MR) is 126 cm³/mol. The molecule has 3 rings (SSSR count). The van der Waals surface area contributed by atoms with Crippen molar-refractivity contribution >= 4 is 11.6 Å². The Morgan fingerprint density at radius 1 is 1.03 bits per heavy atom. The van der Waals surface area contributed by atoms with E-state index in [-0.39, 0.29) is 11.0 Å². The van der Waals surface area contributed by atoms with E-state index in [0.29, 0.717) is 24.1 Å². The zero-order valence-corrected chi connectivity index (χ0v) is 20.2. The molecule has 2 aromatic rings. The fraction of sp³-hybridized carbons (Fsp3) is 0.500. The molecule has 6 nitrogen and oxygen atoms in total. The lowest BCUT2D eigenvalue weighted by atomic mass is 9.84. The van der Waals surface area contributed by atoms with Gasteiger partial charge in [-0.1, -0.05) is 13.3 Å². The molecule has 1 saturated heterocycles. The minimum absolute atomic E-state index is 0.144. The van der Waals surface area contributed by atoms with Crippen LogP contribution in [0.3, 0.4) is 0 Å². The maximum atomic E-state index is 13.8. The summed E-state index contributed by atoms with van der Waals surface area (Å²) in [6.45, 7) is 5.85. The SMILES string of the molecule is CCC1(COCCCCCCOc2ccc(NC(=O)c3ccc(OC(F)(F)F)c(F)c3)cc2)COC1. The molecule has 1 aliphatic heterocycles. The number of carbonyl (C=O) groups is 1. The second kappa shape index (κ2) is 12.9. The Hall–Kier alpha value is -2.85. The van der Waals surface area contributed by atoms with Gasteiger partial charge in [0.25, 0.3) is 5.91 Å². The van der Waals surface area contributed by atoms with Crippen LogP contribution < -0.4 is 14.8 Å². The second-order valence-corrected chi connectivity index (χ2v) is 8.83. The molecule has 1 amide bonds. The molecule has 0 saturated carbocycles. The average molecular weight is 514 g/mol. The largest absolute Gasteiger partial charge is 0.573 e. The number of carbonyl (C=O) groups excluding carboxylic acids is 1. The number of rotatable bonds is 14. The summed E-state index contributed by atoms with van der Waals surface area (Å²) in [5, 5.41) is 2.56. The molecule has 0 atom stereocenters. The Morgan fingerprint density at radius 2 is 1.72 bits per heavy atom. The molecule has 1 heterocycles. The van der Waals surface area contributed by atoms with E-state index in [2.05, 4.69) is 17.0 Å². The van der Waals surface area contributed by atoms with Crippen LogP contribution in [0.2, 0.25) is 0 Å². The van der Waals surface area contributed by atoms with Crippen LogP contribution in [0.15, 0.2) is 42.5 Å². The number of amides is 1. The summed E-state index contributed by atoms with van der Waals surface area (Å²) >= 11 is 0. The number of unbranched alkanes of at least 4 members (excludes halogenated alkanes) is 3. The lowest BCUT2D eigenvalue weighted by molar-refractivity contribution is -0.275. The third kappa shape index (κ3) is 8.67. The van der Waals surface area contributed by atoms with E-state index in [1.807, 2.05) is 0 Å². The van der Waals surface area contributed by atoms with Gasteiger partial charge < -0.3 is 24.3 Å². The molecule has 1 N–H and O–H groups in total. The lowest BCUT2D eigenvalue weighted by Crippen LogP contribution is -2.45. The molecule has 10 heteroatoms. The standard InChI is InChI=1S/C26H31F4NO5/c1-2-25(17-34-18-25)16-33-13-5-3-4-6-14-35-21-10-8-20(9-11-21)31-24(32)19-7-12-23(22(27)15-19)36-26(28,29)30/h7-12,15H,2-6,13-14,16-18H2,1H3,(H,31,32). The van der Waals surface area contributed by atoms with Crippen molar-refractivity contribution in [1.82, 2.24) is 0 Å². The first-order chi connectivity index (χ1) is 17.2. The molecule has 0 bridgehead atoms. The fourth-order valence-corrected chi connectivity index (χ4v) is 3.61. The summed E-state index contributed by atoms with van der Waals surface area (Å²) < 4.78 is 70.9. The predicted octanol–water partition coefficient (Wildman–Crippen LogP) is 6.36. The lowest BCUT2D eigenvalue weighted by Gasteiger charge is -2.40. The van der Waals surface area contributed by atoms with Crippen molar-refractivity contribution < 1.29 is 41.3 Å². The summed E-state index contributed by atoms with van der Waals surface area (Å²) in [6, 6.07) is 9.12. The third-order valence-corrected chi connectivity index (χ3v) is 5.96. The molecular formula is C26H31F4NO5. The summed E-state index contributed by atoms with van der Waals surface area (Å²) in [5.41, 5.74) is 0.515. The number of anilines is 1. The van der Waals surface area contributed by atoms with Crippen LogP contribution >= 0.6 is 0 Å².